The van der Waals surface area contributed by atoms with Crippen LogP contribution < -0.4 is 5.32 Å². The van der Waals surface area contributed by atoms with Crippen molar-refractivity contribution in [2.45, 2.75) is 97.5 Å². The molecule has 4 heteroatoms. The number of hydrogen-bond acceptors (Lipinski definition) is 2. The molecule has 0 aromatic heterocycles. The molecule has 4 aliphatic rings. The second-order valence-corrected chi connectivity index (χ2v) is 12.9. The molecular weight excluding hydrogens is 425 g/mol. The summed E-state index contributed by atoms with van der Waals surface area (Å²) in [6, 6.07) is 6.15. The van der Waals surface area contributed by atoms with Gasteiger partial charge in [-0.05, 0) is 129 Å². The van der Waals surface area contributed by atoms with Gasteiger partial charge in [0.25, 0.3) is 0 Å². The Morgan fingerprint density at radius 3 is 2.65 bits per heavy atom. The number of nitrogens with one attached hydrogen (secondary N) is 1. The molecule has 4 saturated carbocycles. The molecule has 0 heterocycles. The van der Waals surface area contributed by atoms with Crippen LogP contribution in [0.4, 0.5) is 10.1 Å². The zero-order valence-electron chi connectivity index (χ0n) is 21.4. The van der Waals surface area contributed by atoms with Crippen LogP contribution in [0.5, 0.6) is 0 Å². The van der Waals surface area contributed by atoms with Crippen molar-refractivity contribution in [1.29, 1.82) is 0 Å². The molecule has 4 fully saturated rings. The van der Waals surface area contributed by atoms with Crippen LogP contribution in [0.25, 0.3) is 0 Å². The maximum absolute atomic E-state index is 13.4. The van der Waals surface area contributed by atoms with Gasteiger partial charge in [0, 0.05) is 12.1 Å². The summed E-state index contributed by atoms with van der Waals surface area (Å²) in [6.07, 6.45) is 12.6. The van der Waals surface area contributed by atoms with Crippen molar-refractivity contribution in [3.05, 3.63) is 30.1 Å². The molecule has 0 radical (unpaired) electrons. The predicted molar refractivity (Wildman–Crippen MR) is 135 cm³/mol. The van der Waals surface area contributed by atoms with Gasteiger partial charge in [-0.1, -0.05) is 26.8 Å². The van der Waals surface area contributed by atoms with E-state index < -0.39 is 0 Å². The first-order valence-corrected chi connectivity index (χ1v) is 13.9. The van der Waals surface area contributed by atoms with E-state index in [1.807, 2.05) is 0 Å². The Labute approximate surface area is 205 Å². The lowest BCUT2D eigenvalue weighted by Gasteiger charge is -2.61. The van der Waals surface area contributed by atoms with Gasteiger partial charge >= 0.3 is 0 Å². The standard InChI is InChI=1S/C30H44FNO2/c1-19(7-12-28(34)32-22-6-4-5-21(31)18-22)25-10-11-26-24-9-8-20-17-23(33)13-15-29(20,2)27(24)14-16-30(25,26)3/h4-6,18-20,23-27,33H,7-17H2,1-3H3,(H,32,34)/t19-,20-,23-,24+,25-,26+,27+,29+,30-/m1/s1. The summed E-state index contributed by atoms with van der Waals surface area (Å²) in [5.74, 6) is 4.12. The summed E-state index contributed by atoms with van der Waals surface area (Å²) >= 11 is 0. The number of benzene rings is 1. The van der Waals surface area contributed by atoms with Crippen LogP contribution in [0.2, 0.25) is 0 Å². The minimum Gasteiger partial charge on any atom is -0.393 e. The Kier molecular flexibility index (Phi) is 6.59. The van der Waals surface area contributed by atoms with Gasteiger partial charge in [-0.2, -0.15) is 0 Å². The first kappa shape index (κ1) is 24.3. The fourth-order valence-corrected chi connectivity index (χ4v) is 9.56. The van der Waals surface area contributed by atoms with Crippen LogP contribution in [0.15, 0.2) is 24.3 Å². The summed E-state index contributed by atoms with van der Waals surface area (Å²) in [6.45, 7) is 7.50. The molecule has 2 N–H and O–H groups in total. The average molecular weight is 470 g/mol. The van der Waals surface area contributed by atoms with E-state index in [4.69, 9.17) is 0 Å². The summed E-state index contributed by atoms with van der Waals surface area (Å²) < 4.78 is 13.4. The summed E-state index contributed by atoms with van der Waals surface area (Å²) in [4.78, 5) is 12.5. The normalized spacial score (nSPS) is 42.3. The smallest absolute Gasteiger partial charge is 0.224 e. The van der Waals surface area contributed by atoms with Gasteiger partial charge in [0.1, 0.15) is 5.82 Å². The Bertz CT molecular complexity index is 904. The highest BCUT2D eigenvalue weighted by Gasteiger charge is 2.60. The average Bonchev–Trinajstić information content (AvgIpc) is 3.15. The minimum absolute atomic E-state index is 0.00779. The van der Waals surface area contributed by atoms with E-state index in [1.165, 1.54) is 57.1 Å². The second-order valence-electron chi connectivity index (χ2n) is 12.9. The molecular formula is C30H44FNO2. The number of carbonyl (C=O) groups is 1. The number of fused-ring (bicyclic) bond motifs is 5. The fourth-order valence-electron chi connectivity index (χ4n) is 9.56. The van der Waals surface area contributed by atoms with Gasteiger partial charge in [-0.25, -0.2) is 4.39 Å². The Hall–Kier alpha value is -1.42. The second kappa shape index (κ2) is 9.22. The third-order valence-corrected chi connectivity index (χ3v) is 11.3. The monoisotopic (exact) mass is 469 g/mol. The van der Waals surface area contributed by atoms with Gasteiger partial charge < -0.3 is 10.4 Å². The molecule has 1 aromatic rings. The van der Waals surface area contributed by atoms with E-state index in [0.29, 0.717) is 34.8 Å². The molecule has 0 spiro atoms. The summed E-state index contributed by atoms with van der Waals surface area (Å²) in [7, 11) is 0. The van der Waals surface area contributed by atoms with Gasteiger partial charge in [0.05, 0.1) is 6.10 Å². The molecule has 3 nitrogen and oxygen atoms in total. The van der Waals surface area contributed by atoms with Crippen molar-refractivity contribution in [2.75, 3.05) is 5.32 Å². The highest BCUT2D eigenvalue weighted by atomic mass is 19.1. The van der Waals surface area contributed by atoms with E-state index >= 15 is 0 Å². The molecule has 9 atom stereocenters. The summed E-state index contributed by atoms with van der Waals surface area (Å²) in [5.41, 5.74) is 1.38. The van der Waals surface area contributed by atoms with Crippen molar-refractivity contribution in [3.63, 3.8) is 0 Å². The molecule has 0 bridgehead atoms. The quantitative estimate of drug-likeness (QED) is 0.479. The first-order chi connectivity index (χ1) is 16.2. The number of amides is 1. The summed E-state index contributed by atoms with van der Waals surface area (Å²) in [5, 5.41) is 13.2. The molecule has 4 aliphatic carbocycles. The van der Waals surface area contributed by atoms with Gasteiger partial charge in [0.15, 0.2) is 0 Å². The first-order valence-electron chi connectivity index (χ1n) is 13.9. The van der Waals surface area contributed by atoms with Crippen LogP contribution in [0.3, 0.4) is 0 Å². The van der Waals surface area contributed by atoms with E-state index in [0.717, 1.165) is 42.9 Å². The Balaban J connectivity index is 1.21. The predicted octanol–water partition coefficient (Wildman–Crippen LogP) is 7.20. The molecule has 1 amide bonds. The maximum Gasteiger partial charge on any atom is 0.224 e. The third kappa shape index (κ3) is 4.22. The lowest BCUT2D eigenvalue weighted by Crippen LogP contribution is -2.54. The molecule has 0 saturated heterocycles. The molecule has 5 rings (SSSR count). The van der Waals surface area contributed by atoms with Crippen LogP contribution >= 0.6 is 0 Å². The Morgan fingerprint density at radius 1 is 1.09 bits per heavy atom. The fraction of sp³-hybridized carbons (Fsp3) is 0.767. The zero-order valence-corrected chi connectivity index (χ0v) is 21.4. The number of rotatable bonds is 5. The van der Waals surface area contributed by atoms with Gasteiger partial charge in [-0.3, -0.25) is 4.79 Å². The Morgan fingerprint density at radius 2 is 1.85 bits per heavy atom. The van der Waals surface area contributed by atoms with Crippen molar-refractivity contribution in [3.8, 4) is 0 Å². The molecule has 34 heavy (non-hydrogen) atoms. The van der Waals surface area contributed by atoms with Crippen molar-refractivity contribution in [1.82, 2.24) is 0 Å². The van der Waals surface area contributed by atoms with Gasteiger partial charge in [0.2, 0.25) is 5.91 Å². The van der Waals surface area contributed by atoms with Crippen molar-refractivity contribution < 1.29 is 14.3 Å². The molecule has 0 aliphatic heterocycles. The third-order valence-electron chi connectivity index (χ3n) is 11.3. The van der Waals surface area contributed by atoms with Crippen LogP contribution in [-0.2, 0) is 4.79 Å². The number of aliphatic hydroxyl groups is 1. The number of aliphatic hydroxyl groups excluding tert-OH is 1. The lowest BCUT2D eigenvalue weighted by molar-refractivity contribution is -0.129. The number of carbonyl (C=O) groups excluding carboxylic acids is 1. The number of hydrogen-bond donors (Lipinski definition) is 2. The minimum atomic E-state index is -0.320. The molecule has 0 unspecified atom stereocenters. The van der Waals surface area contributed by atoms with Crippen molar-refractivity contribution >= 4 is 11.6 Å². The van der Waals surface area contributed by atoms with Gasteiger partial charge in [-0.15, -0.1) is 0 Å². The molecule has 188 valence electrons. The number of anilines is 1. The highest BCUT2D eigenvalue weighted by Crippen LogP contribution is 2.68. The number of halogens is 1. The van der Waals surface area contributed by atoms with Crippen molar-refractivity contribution in [2.24, 2.45) is 46.3 Å². The van der Waals surface area contributed by atoms with E-state index in [1.54, 1.807) is 12.1 Å². The van der Waals surface area contributed by atoms with Crippen LogP contribution in [0.1, 0.15) is 91.4 Å². The largest absolute Gasteiger partial charge is 0.393 e. The molecule has 1 aromatic carbocycles. The van der Waals surface area contributed by atoms with E-state index in [2.05, 4.69) is 26.1 Å². The SMILES string of the molecule is C[C@H](CCC(=O)Nc1cccc(F)c1)[C@H]1CC[C@H]2[C@@H]3CC[C@@H]4C[C@H](O)CC[C@]4(C)[C@H]3CC[C@]12C. The lowest BCUT2D eigenvalue weighted by atomic mass is 9.44. The van der Waals surface area contributed by atoms with Crippen LogP contribution in [0, 0.1) is 52.2 Å². The zero-order chi connectivity index (χ0) is 24.1. The maximum atomic E-state index is 13.4. The van der Waals surface area contributed by atoms with E-state index in [-0.39, 0.29) is 17.8 Å². The topological polar surface area (TPSA) is 49.3 Å². The highest BCUT2D eigenvalue weighted by molar-refractivity contribution is 5.90. The van der Waals surface area contributed by atoms with Crippen LogP contribution in [-0.4, -0.2) is 17.1 Å². The van der Waals surface area contributed by atoms with E-state index in [9.17, 15) is 14.3 Å².